The van der Waals surface area contributed by atoms with Crippen molar-refractivity contribution >= 4 is 17.7 Å². The van der Waals surface area contributed by atoms with Crippen molar-refractivity contribution in [1.29, 1.82) is 5.26 Å². The molecule has 2 aromatic carbocycles. The fourth-order valence-electron chi connectivity index (χ4n) is 2.68. The number of hydrogen-bond donors (Lipinski definition) is 1. The molecule has 0 aliphatic carbocycles. The number of aryl methyl sites for hydroxylation is 2. The first-order chi connectivity index (χ1) is 13.0. The van der Waals surface area contributed by atoms with Gasteiger partial charge in [0.05, 0.1) is 0 Å². The Labute approximate surface area is 156 Å². The minimum absolute atomic E-state index is 0.0716. The van der Waals surface area contributed by atoms with Gasteiger partial charge < -0.3 is 9.73 Å². The Kier molecular flexibility index (Phi) is 5.18. The SMILES string of the molecule is Cc1cccc(C)c1NC(=O)/C(C#N)=C/c1ccc(-c2ccc(F)cc2)o1. The van der Waals surface area contributed by atoms with E-state index < -0.39 is 5.91 Å². The highest BCUT2D eigenvalue weighted by Crippen LogP contribution is 2.24. The molecule has 27 heavy (non-hydrogen) atoms. The molecule has 0 spiro atoms. The summed E-state index contributed by atoms with van der Waals surface area (Å²) in [5.74, 6) is 0.0474. The van der Waals surface area contributed by atoms with Gasteiger partial charge >= 0.3 is 0 Å². The van der Waals surface area contributed by atoms with Crippen LogP contribution in [0.3, 0.4) is 0 Å². The molecular formula is C22H17FN2O2. The van der Waals surface area contributed by atoms with E-state index in [9.17, 15) is 14.4 Å². The van der Waals surface area contributed by atoms with Crippen LogP contribution in [0.5, 0.6) is 0 Å². The Balaban J connectivity index is 1.83. The number of benzene rings is 2. The quantitative estimate of drug-likeness (QED) is 0.510. The molecule has 1 amide bonds. The lowest BCUT2D eigenvalue weighted by Gasteiger charge is -2.10. The summed E-state index contributed by atoms with van der Waals surface area (Å²) in [6.45, 7) is 3.78. The lowest BCUT2D eigenvalue weighted by atomic mass is 10.1. The van der Waals surface area contributed by atoms with E-state index >= 15 is 0 Å². The number of nitriles is 1. The molecule has 1 heterocycles. The minimum Gasteiger partial charge on any atom is -0.457 e. The van der Waals surface area contributed by atoms with Crippen LogP contribution in [-0.2, 0) is 4.79 Å². The van der Waals surface area contributed by atoms with Crippen molar-refractivity contribution < 1.29 is 13.6 Å². The maximum atomic E-state index is 13.0. The zero-order valence-electron chi connectivity index (χ0n) is 14.9. The van der Waals surface area contributed by atoms with Gasteiger partial charge in [0.2, 0.25) is 0 Å². The number of furan rings is 1. The third-order valence-corrected chi connectivity index (χ3v) is 4.13. The summed E-state index contributed by atoms with van der Waals surface area (Å²) < 4.78 is 18.7. The highest BCUT2D eigenvalue weighted by atomic mass is 19.1. The lowest BCUT2D eigenvalue weighted by molar-refractivity contribution is -0.112. The Hall–Kier alpha value is -3.65. The van der Waals surface area contributed by atoms with E-state index in [2.05, 4.69) is 5.32 Å². The molecular weight excluding hydrogens is 343 g/mol. The number of anilines is 1. The van der Waals surface area contributed by atoms with Crippen LogP contribution in [0.4, 0.5) is 10.1 Å². The van der Waals surface area contributed by atoms with E-state index in [1.54, 1.807) is 24.3 Å². The molecule has 0 radical (unpaired) electrons. The second kappa shape index (κ2) is 7.71. The molecule has 134 valence electrons. The van der Waals surface area contributed by atoms with Crippen molar-refractivity contribution in [3.8, 4) is 17.4 Å². The summed E-state index contributed by atoms with van der Waals surface area (Å²) in [5.41, 5.74) is 3.15. The fourth-order valence-corrected chi connectivity index (χ4v) is 2.68. The first kappa shape index (κ1) is 18.2. The molecule has 0 saturated heterocycles. The van der Waals surface area contributed by atoms with Crippen molar-refractivity contribution in [2.24, 2.45) is 0 Å². The molecule has 3 rings (SSSR count). The molecule has 0 aliphatic heterocycles. The van der Waals surface area contributed by atoms with Crippen LogP contribution < -0.4 is 5.32 Å². The van der Waals surface area contributed by atoms with Crippen LogP contribution in [0.1, 0.15) is 16.9 Å². The molecule has 4 nitrogen and oxygen atoms in total. The van der Waals surface area contributed by atoms with Crippen molar-refractivity contribution in [1.82, 2.24) is 0 Å². The van der Waals surface area contributed by atoms with E-state index in [-0.39, 0.29) is 11.4 Å². The van der Waals surface area contributed by atoms with Crippen LogP contribution >= 0.6 is 0 Å². The molecule has 0 atom stereocenters. The molecule has 0 saturated carbocycles. The topological polar surface area (TPSA) is 66.0 Å². The van der Waals surface area contributed by atoms with Gasteiger partial charge in [-0.25, -0.2) is 4.39 Å². The molecule has 0 unspecified atom stereocenters. The first-order valence-electron chi connectivity index (χ1n) is 8.33. The van der Waals surface area contributed by atoms with E-state index in [1.165, 1.54) is 18.2 Å². The Morgan fingerprint density at radius 3 is 2.37 bits per heavy atom. The normalized spacial score (nSPS) is 11.1. The Morgan fingerprint density at radius 2 is 1.74 bits per heavy atom. The van der Waals surface area contributed by atoms with E-state index in [4.69, 9.17) is 4.42 Å². The van der Waals surface area contributed by atoms with Crippen molar-refractivity contribution in [3.05, 3.63) is 82.9 Å². The number of hydrogen-bond acceptors (Lipinski definition) is 3. The highest BCUT2D eigenvalue weighted by Gasteiger charge is 2.13. The van der Waals surface area contributed by atoms with Crippen molar-refractivity contribution in [2.75, 3.05) is 5.32 Å². The predicted octanol–water partition coefficient (Wildman–Crippen LogP) is 5.25. The van der Waals surface area contributed by atoms with Gasteiger partial charge in [0, 0.05) is 17.3 Å². The first-order valence-corrected chi connectivity index (χ1v) is 8.33. The van der Waals surface area contributed by atoms with E-state index in [0.29, 0.717) is 22.8 Å². The number of carbonyl (C=O) groups is 1. The van der Waals surface area contributed by atoms with E-state index in [1.807, 2.05) is 38.1 Å². The number of halogens is 1. The molecule has 0 fully saturated rings. The van der Waals surface area contributed by atoms with Crippen molar-refractivity contribution in [3.63, 3.8) is 0 Å². The molecule has 1 aromatic heterocycles. The van der Waals surface area contributed by atoms with Crippen LogP contribution in [-0.4, -0.2) is 5.91 Å². The van der Waals surface area contributed by atoms with Gasteiger partial charge in [0.25, 0.3) is 5.91 Å². The number of carbonyl (C=O) groups excluding carboxylic acids is 1. The molecule has 5 heteroatoms. The van der Waals surface area contributed by atoms with Gasteiger partial charge in [-0.15, -0.1) is 0 Å². The number of para-hydroxylation sites is 1. The Bertz CT molecular complexity index is 1040. The molecule has 0 bridgehead atoms. The smallest absolute Gasteiger partial charge is 0.266 e. The number of rotatable bonds is 4. The molecule has 1 N–H and O–H groups in total. The predicted molar refractivity (Wildman–Crippen MR) is 102 cm³/mol. The van der Waals surface area contributed by atoms with Crippen LogP contribution in [0.25, 0.3) is 17.4 Å². The monoisotopic (exact) mass is 360 g/mol. The van der Waals surface area contributed by atoms with Gasteiger partial charge in [-0.2, -0.15) is 5.26 Å². The third-order valence-electron chi connectivity index (χ3n) is 4.13. The standard InChI is InChI=1S/C22H17FN2O2/c1-14-4-3-5-15(2)21(14)25-22(26)17(13-24)12-19-10-11-20(27-19)16-6-8-18(23)9-7-16/h3-12H,1-2H3,(H,25,26)/b17-12+. The summed E-state index contributed by atoms with van der Waals surface area (Å²) in [7, 11) is 0. The van der Waals surface area contributed by atoms with Crippen LogP contribution in [0, 0.1) is 31.0 Å². The van der Waals surface area contributed by atoms with Crippen molar-refractivity contribution in [2.45, 2.75) is 13.8 Å². The minimum atomic E-state index is -0.505. The maximum absolute atomic E-state index is 13.0. The third kappa shape index (κ3) is 4.13. The second-order valence-corrected chi connectivity index (χ2v) is 6.10. The summed E-state index contributed by atoms with van der Waals surface area (Å²) in [6, 6.07) is 16.8. The number of nitrogens with one attached hydrogen (secondary N) is 1. The van der Waals surface area contributed by atoms with Gasteiger partial charge in [-0.05, 0) is 61.4 Å². The summed E-state index contributed by atoms with van der Waals surface area (Å²) in [4.78, 5) is 12.5. The van der Waals surface area contributed by atoms with E-state index in [0.717, 1.165) is 11.1 Å². The van der Waals surface area contributed by atoms with Gasteiger partial charge in [-0.3, -0.25) is 4.79 Å². The van der Waals surface area contributed by atoms with Gasteiger partial charge in [0.15, 0.2) is 0 Å². The number of nitrogens with zero attached hydrogens (tertiary/aromatic N) is 1. The van der Waals surface area contributed by atoms with Gasteiger partial charge in [-0.1, -0.05) is 18.2 Å². The summed E-state index contributed by atoms with van der Waals surface area (Å²) in [6.07, 6.45) is 1.38. The largest absolute Gasteiger partial charge is 0.457 e. The zero-order chi connectivity index (χ0) is 19.4. The molecule has 3 aromatic rings. The van der Waals surface area contributed by atoms with Crippen LogP contribution in [0.2, 0.25) is 0 Å². The second-order valence-electron chi connectivity index (χ2n) is 6.10. The lowest BCUT2D eigenvalue weighted by Crippen LogP contribution is -2.15. The average molecular weight is 360 g/mol. The molecule has 0 aliphatic rings. The fraction of sp³-hybridized carbons (Fsp3) is 0.0909. The highest BCUT2D eigenvalue weighted by molar-refractivity contribution is 6.10. The van der Waals surface area contributed by atoms with Crippen LogP contribution in [0.15, 0.2) is 64.6 Å². The average Bonchev–Trinajstić information content (AvgIpc) is 3.12. The summed E-state index contributed by atoms with van der Waals surface area (Å²) >= 11 is 0. The Morgan fingerprint density at radius 1 is 1.07 bits per heavy atom. The number of amides is 1. The summed E-state index contributed by atoms with van der Waals surface area (Å²) in [5, 5.41) is 12.1. The maximum Gasteiger partial charge on any atom is 0.266 e. The van der Waals surface area contributed by atoms with Gasteiger partial charge in [0.1, 0.15) is 29.0 Å². The zero-order valence-corrected chi connectivity index (χ0v) is 14.9.